The minimum Gasteiger partial charge on any atom is -0.497 e. The zero-order valence-corrected chi connectivity index (χ0v) is 14.1. The van der Waals surface area contributed by atoms with Crippen LogP contribution in [0.25, 0.3) is 11.4 Å². The van der Waals surface area contributed by atoms with Gasteiger partial charge in [-0.2, -0.15) is 4.98 Å². The van der Waals surface area contributed by atoms with Crippen LogP contribution in [0.5, 0.6) is 5.75 Å². The van der Waals surface area contributed by atoms with E-state index in [-0.39, 0.29) is 5.41 Å². The average Bonchev–Trinajstić information content (AvgIpc) is 3.01. The monoisotopic (exact) mass is 329 g/mol. The maximum Gasteiger partial charge on any atom is 0.322 e. The van der Waals surface area contributed by atoms with Gasteiger partial charge in [0.2, 0.25) is 5.82 Å². The van der Waals surface area contributed by atoms with Crippen LogP contribution in [0, 0.1) is 5.41 Å². The van der Waals surface area contributed by atoms with E-state index in [9.17, 15) is 0 Å². The summed E-state index contributed by atoms with van der Waals surface area (Å²) in [6.45, 7) is 2.84. The zero-order valence-electron chi connectivity index (χ0n) is 14.1. The quantitative estimate of drug-likeness (QED) is 0.874. The molecular formula is C18H23N3O3. The molecule has 1 heterocycles. The Morgan fingerprint density at radius 2 is 2.25 bits per heavy atom. The van der Waals surface area contributed by atoms with Crippen LogP contribution in [0.4, 0.5) is 6.01 Å². The van der Waals surface area contributed by atoms with Crippen LogP contribution in [-0.2, 0) is 4.74 Å². The molecule has 2 unspecified atom stereocenters. The van der Waals surface area contributed by atoms with E-state index in [0.29, 0.717) is 24.0 Å². The third-order valence-corrected chi connectivity index (χ3v) is 5.49. The summed E-state index contributed by atoms with van der Waals surface area (Å²) in [5, 5.41) is 7.51. The molecule has 0 aliphatic heterocycles. The van der Waals surface area contributed by atoms with Gasteiger partial charge in [0.05, 0.1) is 13.2 Å². The number of hydrogen-bond donors (Lipinski definition) is 1. The Bertz CT molecular complexity index is 711. The van der Waals surface area contributed by atoms with Crippen molar-refractivity contribution in [3.63, 3.8) is 0 Å². The number of nitrogens with zero attached hydrogens (tertiary/aromatic N) is 2. The molecule has 2 saturated carbocycles. The maximum absolute atomic E-state index is 5.88. The van der Waals surface area contributed by atoms with Crippen LogP contribution in [0.2, 0.25) is 0 Å². The molecule has 2 atom stereocenters. The number of hydrogen-bond acceptors (Lipinski definition) is 6. The van der Waals surface area contributed by atoms with Gasteiger partial charge in [-0.15, -0.1) is 0 Å². The number of anilines is 1. The van der Waals surface area contributed by atoms with E-state index in [1.807, 2.05) is 24.3 Å². The molecule has 6 nitrogen and oxygen atoms in total. The summed E-state index contributed by atoms with van der Waals surface area (Å²) in [6.07, 6.45) is 5.08. The smallest absolute Gasteiger partial charge is 0.322 e. The fourth-order valence-electron chi connectivity index (χ4n) is 3.95. The fraction of sp³-hybridized carbons (Fsp3) is 0.556. The van der Waals surface area contributed by atoms with Crippen LogP contribution >= 0.6 is 0 Å². The molecule has 0 bridgehead atoms. The Labute approximate surface area is 141 Å². The van der Waals surface area contributed by atoms with Gasteiger partial charge in [-0.3, -0.25) is 0 Å². The number of benzene rings is 1. The number of aromatic nitrogens is 2. The molecule has 1 N–H and O–H groups in total. The van der Waals surface area contributed by atoms with Crippen LogP contribution in [-0.4, -0.2) is 36.0 Å². The van der Waals surface area contributed by atoms with Crippen molar-refractivity contribution in [1.82, 2.24) is 10.1 Å². The molecule has 6 heteroatoms. The van der Waals surface area contributed by atoms with Crippen molar-refractivity contribution in [2.24, 2.45) is 5.41 Å². The Morgan fingerprint density at radius 3 is 2.96 bits per heavy atom. The van der Waals surface area contributed by atoms with E-state index in [1.54, 1.807) is 7.11 Å². The topological polar surface area (TPSA) is 69.4 Å². The van der Waals surface area contributed by atoms with Crippen molar-refractivity contribution in [3.8, 4) is 17.1 Å². The SMILES string of the molecule is CCOC1CC(Nc2nc(-c3cccc(OC)c3)no2)C12CCC2. The molecule has 4 rings (SSSR count). The van der Waals surface area contributed by atoms with Crippen molar-refractivity contribution >= 4 is 6.01 Å². The first kappa shape index (κ1) is 15.4. The van der Waals surface area contributed by atoms with Crippen LogP contribution in [0.1, 0.15) is 32.6 Å². The van der Waals surface area contributed by atoms with Crippen LogP contribution < -0.4 is 10.1 Å². The van der Waals surface area contributed by atoms with Crippen molar-refractivity contribution in [1.29, 1.82) is 0 Å². The third-order valence-electron chi connectivity index (χ3n) is 5.49. The minimum atomic E-state index is 0.264. The van der Waals surface area contributed by atoms with Gasteiger partial charge in [-0.1, -0.05) is 23.7 Å². The highest BCUT2D eigenvalue weighted by Gasteiger charge is 2.59. The summed E-state index contributed by atoms with van der Waals surface area (Å²) >= 11 is 0. The van der Waals surface area contributed by atoms with Crippen LogP contribution in [0.15, 0.2) is 28.8 Å². The second kappa shape index (κ2) is 6.09. The Hall–Kier alpha value is -2.08. The minimum absolute atomic E-state index is 0.264. The normalized spacial score (nSPS) is 24.2. The van der Waals surface area contributed by atoms with Crippen molar-refractivity contribution < 1.29 is 14.0 Å². The summed E-state index contributed by atoms with van der Waals surface area (Å²) in [5.41, 5.74) is 1.14. The van der Waals surface area contributed by atoms with Gasteiger partial charge in [0, 0.05) is 23.6 Å². The molecule has 0 saturated heterocycles. The number of ether oxygens (including phenoxy) is 2. The molecule has 1 spiro atoms. The van der Waals surface area contributed by atoms with Crippen molar-refractivity contribution in [3.05, 3.63) is 24.3 Å². The Morgan fingerprint density at radius 1 is 1.38 bits per heavy atom. The lowest BCUT2D eigenvalue weighted by Gasteiger charge is -2.60. The maximum atomic E-state index is 5.88. The molecular weight excluding hydrogens is 306 g/mol. The number of rotatable bonds is 6. The first-order valence-corrected chi connectivity index (χ1v) is 8.61. The van der Waals surface area contributed by atoms with Crippen molar-refractivity contribution in [2.75, 3.05) is 19.0 Å². The zero-order chi connectivity index (χ0) is 16.6. The highest BCUT2D eigenvalue weighted by molar-refractivity contribution is 5.58. The summed E-state index contributed by atoms with van der Waals surface area (Å²) in [5.74, 6) is 1.35. The number of nitrogens with one attached hydrogen (secondary N) is 1. The molecule has 2 aliphatic carbocycles. The second-order valence-electron chi connectivity index (χ2n) is 6.62. The molecule has 1 aromatic carbocycles. The predicted molar refractivity (Wildman–Crippen MR) is 90.0 cm³/mol. The van der Waals surface area contributed by atoms with E-state index in [0.717, 1.165) is 24.3 Å². The third kappa shape index (κ3) is 2.45. The first-order valence-electron chi connectivity index (χ1n) is 8.61. The van der Waals surface area contributed by atoms with E-state index >= 15 is 0 Å². The molecule has 2 fully saturated rings. The lowest BCUT2D eigenvalue weighted by Crippen LogP contribution is -2.64. The predicted octanol–water partition coefficient (Wildman–Crippen LogP) is 3.50. The van der Waals surface area contributed by atoms with Gasteiger partial charge in [0.1, 0.15) is 5.75 Å². The fourth-order valence-corrected chi connectivity index (χ4v) is 3.95. The lowest BCUT2D eigenvalue weighted by molar-refractivity contribution is -0.158. The van der Waals surface area contributed by atoms with Gasteiger partial charge in [0.15, 0.2) is 0 Å². The molecule has 2 aliphatic rings. The van der Waals surface area contributed by atoms with Gasteiger partial charge in [-0.05, 0) is 38.3 Å². The van der Waals surface area contributed by atoms with Gasteiger partial charge in [-0.25, -0.2) is 0 Å². The summed E-state index contributed by atoms with van der Waals surface area (Å²) in [7, 11) is 1.64. The van der Waals surface area contributed by atoms with Crippen LogP contribution in [0.3, 0.4) is 0 Å². The Kier molecular flexibility index (Phi) is 3.92. The first-order chi connectivity index (χ1) is 11.7. The number of methoxy groups -OCH3 is 1. The summed E-state index contributed by atoms with van der Waals surface area (Å²) in [6, 6.07) is 8.50. The van der Waals surface area contributed by atoms with E-state index < -0.39 is 0 Å². The standard InChI is InChI=1S/C18H23N3O3/c1-3-23-15-11-14(18(15)8-5-9-18)19-17-20-16(21-24-17)12-6-4-7-13(10-12)22-2/h4,6-7,10,14-15H,3,5,8-9,11H2,1-2H3,(H,19,20,21). The molecule has 0 amide bonds. The Balaban J connectivity index is 1.46. The molecule has 24 heavy (non-hydrogen) atoms. The molecule has 1 aromatic heterocycles. The average molecular weight is 329 g/mol. The van der Waals surface area contributed by atoms with Gasteiger partial charge >= 0.3 is 6.01 Å². The molecule has 0 radical (unpaired) electrons. The summed E-state index contributed by atoms with van der Waals surface area (Å²) in [4.78, 5) is 4.49. The van der Waals surface area contributed by atoms with Crippen molar-refractivity contribution in [2.45, 2.75) is 44.8 Å². The molecule has 2 aromatic rings. The van der Waals surface area contributed by atoms with E-state index in [1.165, 1.54) is 19.3 Å². The summed E-state index contributed by atoms with van der Waals surface area (Å²) < 4.78 is 16.5. The highest BCUT2D eigenvalue weighted by atomic mass is 16.5. The van der Waals surface area contributed by atoms with Gasteiger partial charge in [0.25, 0.3) is 0 Å². The molecule has 128 valence electrons. The highest BCUT2D eigenvalue weighted by Crippen LogP contribution is 2.58. The lowest BCUT2D eigenvalue weighted by atomic mass is 9.51. The van der Waals surface area contributed by atoms with Gasteiger partial charge < -0.3 is 19.3 Å². The largest absolute Gasteiger partial charge is 0.497 e. The van der Waals surface area contributed by atoms with E-state index in [4.69, 9.17) is 14.0 Å². The van der Waals surface area contributed by atoms with E-state index in [2.05, 4.69) is 22.4 Å². The second-order valence-corrected chi connectivity index (χ2v) is 6.62.